The van der Waals surface area contributed by atoms with E-state index < -0.39 is 5.97 Å². The van der Waals surface area contributed by atoms with Gasteiger partial charge in [0.15, 0.2) is 0 Å². The highest BCUT2D eigenvalue weighted by Crippen LogP contribution is 2.33. The average Bonchev–Trinajstić information content (AvgIpc) is 2.45. The minimum atomic E-state index is -0.768. The lowest BCUT2D eigenvalue weighted by Crippen LogP contribution is -2.52. The summed E-state index contributed by atoms with van der Waals surface area (Å²) in [7, 11) is 0. The zero-order valence-electron chi connectivity index (χ0n) is 12.4. The van der Waals surface area contributed by atoms with Crippen LogP contribution in [-0.2, 0) is 9.59 Å². The van der Waals surface area contributed by atoms with Gasteiger partial charge in [0.2, 0.25) is 5.91 Å². The van der Waals surface area contributed by atoms with Gasteiger partial charge in [-0.1, -0.05) is 6.92 Å². The van der Waals surface area contributed by atoms with Gasteiger partial charge in [0.25, 0.3) is 0 Å². The lowest BCUT2D eigenvalue weighted by Gasteiger charge is -2.43. The number of carbonyl (C=O) groups is 2. The smallest absolute Gasteiger partial charge is 0.303 e. The van der Waals surface area contributed by atoms with Crippen LogP contribution in [0.5, 0.6) is 0 Å². The van der Waals surface area contributed by atoms with Crippen molar-refractivity contribution in [2.24, 2.45) is 5.41 Å². The third-order valence-corrected chi connectivity index (χ3v) is 4.80. The van der Waals surface area contributed by atoms with Gasteiger partial charge in [0, 0.05) is 24.4 Å². The largest absolute Gasteiger partial charge is 0.481 e. The Morgan fingerprint density at radius 1 is 1.30 bits per heavy atom. The maximum absolute atomic E-state index is 12.9. The Labute approximate surface area is 120 Å². The summed E-state index contributed by atoms with van der Waals surface area (Å²) >= 11 is 0. The highest BCUT2D eigenvalue weighted by molar-refractivity contribution is 5.83. The minimum Gasteiger partial charge on any atom is -0.481 e. The molecule has 0 aromatic carbocycles. The maximum Gasteiger partial charge on any atom is 0.303 e. The minimum absolute atomic E-state index is 0.124. The van der Waals surface area contributed by atoms with Gasteiger partial charge in [-0.25, -0.2) is 0 Å². The number of amides is 1. The van der Waals surface area contributed by atoms with Gasteiger partial charge in [-0.3, -0.25) is 9.59 Å². The molecular weight excluding hydrogens is 256 g/mol. The van der Waals surface area contributed by atoms with Crippen LogP contribution in [0.3, 0.4) is 0 Å². The van der Waals surface area contributed by atoms with E-state index in [-0.39, 0.29) is 23.8 Å². The fraction of sp³-hybridized carbons (Fsp3) is 0.867. The van der Waals surface area contributed by atoms with Crippen LogP contribution in [0, 0.1) is 5.41 Å². The molecule has 2 N–H and O–H groups in total. The number of hydrogen-bond donors (Lipinski definition) is 2. The van der Waals surface area contributed by atoms with Crippen LogP contribution < -0.4 is 5.32 Å². The van der Waals surface area contributed by atoms with E-state index in [0.717, 1.165) is 51.7 Å². The molecule has 0 aliphatic carbocycles. The van der Waals surface area contributed by atoms with Crippen molar-refractivity contribution in [3.05, 3.63) is 0 Å². The van der Waals surface area contributed by atoms with Gasteiger partial charge in [0.1, 0.15) is 0 Å². The van der Waals surface area contributed by atoms with Crippen LogP contribution in [0.15, 0.2) is 0 Å². The second-order valence-electron chi connectivity index (χ2n) is 6.39. The lowest BCUT2D eigenvalue weighted by atomic mass is 9.78. The molecule has 0 saturated carbocycles. The SMILES string of the molecule is CC1(C(=O)N2CCCCC2CCC(=O)O)CCNCC1. The van der Waals surface area contributed by atoms with Gasteiger partial charge in [-0.2, -0.15) is 0 Å². The van der Waals surface area contributed by atoms with E-state index in [1.165, 1.54) is 0 Å². The summed E-state index contributed by atoms with van der Waals surface area (Å²) in [6.45, 7) is 4.66. The molecule has 2 aliphatic rings. The second kappa shape index (κ2) is 6.57. The van der Waals surface area contributed by atoms with Crippen molar-refractivity contribution in [1.29, 1.82) is 0 Å². The zero-order valence-corrected chi connectivity index (χ0v) is 12.4. The lowest BCUT2D eigenvalue weighted by molar-refractivity contribution is -0.148. The van der Waals surface area contributed by atoms with Crippen molar-refractivity contribution < 1.29 is 14.7 Å². The Bertz CT molecular complexity index is 364. The molecule has 0 radical (unpaired) electrons. The number of piperidine rings is 2. The second-order valence-corrected chi connectivity index (χ2v) is 6.39. The van der Waals surface area contributed by atoms with Gasteiger partial charge in [-0.15, -0.1) is 0 Å². The van der Waals surface area contributed by atoms with E-state index in [2.05, 4.69) is 12.2 Å². The number of rotatable bonds is 4. The van der Waals surface area contributed by atoms with E-state index in [1.54, 1.807) is 0 Å². The summed E-state index contributed by atoms with van der Waals surface area (Å²) < 4.78 is 0. The summed E-state index contributed by atoms with van der Waals surface area (Å²) in [6, 6.07) is 0.124. The summed E-state index contributed by atoms with van der Waals surface area (Å²) in [6.07, 6.45) is 5.62. The fourth-order valence-electron chi connectivity index (χ4n) is 3.40. The molecule has 1 amide bonds. The number of carboxylic acid groups (broad SMARTS) is 1. The number of carboxylic acids is 1. The summed E-state index contributed by atoms with van der Waals surface area (Å²) in [5.41, 5.74) is -0.260. The Morgan fingerprint density at radius 3 is 2.65 bits per heavy atom. The molecule has 1 unspecified atom stereocenters. The molecule has 0 bridgehead atoms. The molecule has 1 atom stereocenters. The van der Waals surface area contributed by atoms with Crippen LogP contribution in [0.1, 0.15) is 51.9 Å². The van der Waals surface area contributed by atoms with Gasteiger partial charge < -0.3 is 15.3 Å². The van der Waals surface area contributed by atoms with Crippen molar-refractivity contribution in [3.63, 3.8) is 0 Å². The third-order valence-electron chi connectivity index (χ3n) is 4.80. The van der Waals surface area contributed by atoms with Crippen LogP contribution in [0.25, 0.3) is 0 Å². The molecule has 2 saturated heterocycles. The van der Waals surface area contributed by atoms with Crippen molar-refractivity contribution in [3.8, 4) is 0 Å². The maximum atomic E-state index is 12.9. The Kier molecular flexibility index (Phi) is 5.02. The average molecular weight is 282 g/mol. The molecule has 2 aliphatic heterocycles. The van der Waals surface area contributed by atoms with Gasteiger partial charge in [-0.05, 0) is 51.6 Å². The molecule has 20 heavy (non-hydrogen) atoms. The Balaban J connectivity index is 2.02. The summed E-state index contributed by atoms with van der Waals surface area (Å²) in [4.78, 5) is 25.6. The predicted molar refractivity (Wildman–Crippen MR) is 76.4 cm³/mol. The quantitative estimate of drug-likeness (QED) is 0.822. The number of likely N-dealkylation sites (tertiary alicyclic amines) is 1. The van der Waals surface area contributed by atoms with E-state index in [9.17, 15) is 9.59 Å². The molecule has 0 aromatic heterocycles. The number of aliphatic carboxylic acids is 1. The first-order chi connectivity index (χ1) is 9.53. The topological polar surface area (TPSA) is 69.6 Å². The third kappa shape index (κ3) is 3.51. The monoisotopic (exact) mass is 282 g/mol. The standard InChI is InChI=1S/C15H26N2O3/c1-15(7-9-16-10-8-15)14(20)17-11-3-2-4-12(17)5-6-13(18)19/h12,16H,2-11H2,1H3,(H,18,19). The van der Waals surface area contributed by atoms with Crippen molar-refractivity contribution in [2.45, 2.75) is 57.9 Å². The molecule has 0 spiro atoms. The van der Waals surface area contributed by atoms with Crippen LogP contribution >= 0.6 is 0 Å². The van der Waals surface area contributed by atoms with E-state index in [0.29, 0.717) is 6.42 Å². The first-order valence-corrected chi connectivity index (χ1v) is 7.76. The summed E-state index contributed by atoms with van der Waals surface area (Å²) in [5, 5.41) is 12.2. The van der Waals surface area contributed by atoms with Crippen molar-refractivity contribution in [1.82, 2.24) is 10.2 Å². The highest BCUT2D eigenvalue weighted by Gasteiger charge is 2.40. The Hall–Kier alpha value is -1.10. The molecule has 2 rings (SSSR count). The molecule has 2 heterocycles. The van der Waals surface area contributed by atoms with Crippen LogP contribution in [-0.4, -0.2) is 47.6 Å². The highest BCUT2D eigenvalue weighted by atomic mass is 16.4. The van der Waals surface area contributed by atoms with E-state index in [4.69, 9.17) is 5.11 Å². The van der Waals surface area contributed by atoms with Crippen molar-refractivity contribution >= 4 is 11.9 Å². The van der Waals surface area contributed by atoms with Gasteiger partial charge >= 0.3 is 5.97 Å². The molecule has 5 nitrogen and oxygen atoms in total. The normalized spacial score (nSPS) is 26.2. The zero-order chi connectivity index (χ0) is 14.6. The molecule has 114 valence electrons. The summed E-state index contributed by atoms with van der Waals surface area (Å²) in [5.74, 6) is -0.523. The number of nitrogens with one attached hydrogen (secondary N) is 1. The van der Waals surface area contributed by atoms with Crippen molar-refractivity contribution in [2.75, 3.05) is 19.6 Å². The first-order valence-electron chi connectivity index (χ1n) is 7.76. The van der Waals surface area contributed by atoms with Crippen LogP contribution in [0.2, 0.25) is 0 Å². The van der Waals surface area contributed by atoms with E-state index >= 15 is 0 Å². The van der Waals surface area contributed by atoms with Gasteiger partial charge in [0.05, 0.1) is 0 Å². The molecular formula is C15H26N2O3. The molecule has 0 aromatic rings. The fourth-order valence-corrected chi connectivity index (χ4v) is 3.40. The van der Waals surface area contributed by atoms with Crippen LogP contribution in [0.4, 0.5) is 0 Å². The number of nitrogens with zero attached hydrogens (tertiary/aromatic N) is 1. The first kappa shape index (κ1) is 15.3. The molecule has 2 fully saturated rings. The predicted octanol–water partition coefficient (Wildman–Crippen LogP) is 1.62. The number of hydrogen-bond acceptors (Lipinski definition) is 3. The Morgan fingerprint density at radius 2 is 2.00 bits per heavy atom. The number of carbonyl (C=O) groups excluding carboxylic acids is 1. The van der Waals surface area contributed by atoms with E-state index in [1.807, 2.05) is 4.90 Å². The molecule has 5 heteroatoms.